The lowest BCUT2D eigenvalue weighted by molar-refractivity contribution is 0.621. The summed E-state index contributed by atoms with van der Waals surface area (Å²) in [5.74, 6) is 1.11. The Labute approximate surface area is 116 Å². The molecule has 0 saturated heterocycles. The smallest absolute Gasteiger partial charge is 0.123 e. The van der Waals surface area contributed by atoms with Crippen LogP contribution in [-0.2, 0) is 19.6 Å². The van der Waals surface area contributed by atoms with E-state index in [1.165, 1.54) is 11.1 Å². The highest BCUT2D eigenvalue weighted by molar-refractivity contribution is 7.07. The number of aryl methyl sites for hydroxylation is 1. The summed E-state index contributed by atoms with van der Waals surface area (Å²) in [5.41, 5.74) is 3.64. The molecule has 3 aromatic rings. The number of nitrogens with zero attached hydrogens (tertiary/aromatic N) is 2. The van der Waals surface area contributed by atoms with E-state index in [1.54, 1.807) is 11.3 Å². The predicted molar refractivity (Wildman–Crippen MR) is 80.3 cm³/mol. The topological polar surface area (TPSA) is 29.9 Å². The first kappa shape index (κ1) is 12.4. The van der Waals surface area contributed by atoms with Gasteiger partial charge in [0.15, 0.2) is 0 Å². The summed E-state index contributed by atoms with van der Waals surface area (Å²) >= 11 is 1.74. The minimum Gasteiger partial charge on any atom is -0.327 e. The van der Waals surface area contributed by atoms with Gasteiger partial charge in [-0.2, -0.15) is 11.3 Å². The number of para-hydroxylation sites is 2. The average molecular weight is 271 g/mol. The molecule has 0 unspecified atom stereocenters. The second-order valence-corrected chi connectivity index (χ2v) is 5.28. The highest BCUT2D eigenvalue weighted by Gasteiger charge is 2.08. The monoisotopic (exact) mass is 271 g/mol. The third-order valence-electron chi connectivity index (χ3n) is 3.24. The molecule has 4 heteroatoms. The fourth-order valence-electron chi connectivity index (χ4n) is 2.33. The molecular weight excluding hydrogens is 254 g/mol. The van der Waals surface area contributed by atoms with Crippen LogP contribution < -0.4 is 5.32 Å². The Morgan fingerprint density at radius 1 is 1.21 bits per heavy atom. The molecule has 0 spiro atoms. The van der Waals surface area contributed by atoms with E-state index in [9.17, 15) is 0 Å². The minimum atomic E-state index is 0.804. The van der Waals surface area contributed by atoms with Crippen LogP contribution >= 0.6 is 11.3 Å². The van der Waals surface area contributed by atoms with Crippen LogP contribution in [0.5, 0.6) is 0 Å². The molecule has 19 heavy (non-hydrogen) atoms. The summed E-state index contributed by atoms with van der Waals surface area (Å²) in [6.45, 7) is 4.82. The second kappa shape index (κ2) is 5.55. The van der Waals surface area contributed by atoms with Crippen LogP contribution in [0, 0.1) is 0 Å². The Balaban J connectivity index is 1.76. The number of imidazole rings is 1. The first-order chi connectivity index (χ1) is 9.38. The van der Waals surface area contributed by atoms with E-state index in [0.29, 0.717) is 0 Å². The summed E-state index contributed by atoms with van der Waals surface area (Å²) < 4.78 is 2.27. The molecule has 0 bridgehead atoms. The van der Waals surface area contributed by atoms with Gasteiger partial charge in [0, 0.05) is 13.1 Å². The molecular formula is C15H17N3S. The van der Waals surface area contributed by atoms with Crippen molar-refractivity contribution in [3.63, 3.8) is 0 Å². The molecule has 1 N–H and O–H groups in total. The molecule has 0 atom stereocenters. The van der Waals surface area contributed by atoms with Crippen LogP contribution in [0.15, 0.2) is 41.1 Å². The van der Waals surface area contributed by atoms with Crippen LogP contribution in [0.1, 0.15) is 18.3 Å². The maximum Gasteiger partial charge on any atom is 0.123 e. The Morgan fingerprint density at radius 2 is 2.11 bits per heavy atom. The van der Waals surface area contributed by atoms with Crippen LogP contribution in [-0.4, -0.2) is 9.55 Å². The highest BCUT2D eigenvalue weighted by atomic mass is 32.1. The molecule has 3 rings (SSSR count). The number of thiophene rings is 1. The van der Waals surface area contributed by atoms with Gasteiger partial charge in [0.1, 0.15) is 5.82 Å². The van der Waals surface area contributed by atoms with Crippen LogP contribution in [0.25, 0.3) is 11.0 Å². The molecule has 0 aliphatic rings. The fourth-order valence-corrected chi connectivity index (χ4v) is 2.99. The second-order valence-electron chi connectivity index (χ2n) is 4.50. The minimum absolute atomic E-state index is 0.804. The third-order valence-corrected chi connectivity index (χ3v) is 3.97. The van der Waals surface area contributed by atoms with E-state index in [4.69, 9.17) is 4.98 Å². The van der Waals surface area contributed by atoms with E-state index in [1.807, 2.05) is 6.07 Å². The summed E-state index contributed by atoms with van der Waals surface area (Å²) in [4.78, 5) is 4.71. The lowest BCUT2D eigenvalue weighted by atomic mass is 10.3. The first-order valence-corrected chi connectivity index (χ1v) is 7.48. The molecule has 2 aromatic heterocycles. The van der Waals surface area contributed by atoms with Crippen molar-refractivity contribution >= 4 is 22.4 Å². The van der Waals surface area contributed by atoms with Gasteiger partial charge < -0.3 is 9.88 Å². The van der Waals surface area contributed by atoms with Crippen molar-refractivity contribution in [1.82, 2.24) is 14.9 Å². The number of hydrogen-bond donors (Lipinski definition) is 1. The maximum absolute atomic E-state index is 4.71. The fraction of sp³-hybridized carbons (Fsp3) is 0.267. The SMILES string of the molecule is CCn1c(CNCc2ccsc2)nc2ccccc21. The van der Waals surface area contributed by atoms with Crippen molar-refractivity contribution in [2.45, 2.75) is 26.6 Å². The molecule has 0 aliphatic heterocycles. The van der Waals surface area contributed by atoms with E-state index < -0.39 is 0 Å². The van der Waals surface area contributed by atoms with Gasteiger partial charge >= 0.3 is 0 Å². The Morgan fingerprint density at radius 3 is 2.89 bits per heavy atom. The lowest BCUT2D eigenvalue weighted by Crippen LogP contribution is -2.16. The maximum atomic E-state index is 4.71. The van der Waals surface area contributed by atoms with Gasteiger partial charge in [-0.3, -0.25) is 0 Å². The van der Waals surface area contributed by atoms with Gasteiger partial charge in [-0.15, -0.1) is 0 Å². The van der Waals surface area contributed by atoms with E-state index >= 15 is 0 Å². The van der Waals surface area contributed by atoms with Crippen LogP contribution in [0.2, 0.25) is 0 Å². The van der Waals surface area contributed by atoms with Gasteiger partial charge in [-0.25, -0.2) is 4.98 Å². The highest BCUT2D eigenvalue weighted by Crippen LogP contribution is 2.16. The Hall–Kier alpha value is -1.65. The van der Waals surface area contributed by atoms with Gasteiger partial charge in [0.2, 0.25) is 0 Å². The van der Waals surface area contributed by atoms with Crippen molar-refractivity contribution < 1.29 is 0 Å². The van der Waals surface area contributed by atoms with Gasteiger partial charge in [0.05, 0.1) is 17.6 Å². The molecule has 3 nitrogen and oxygen atoms in total. The van der Waals surface area contributed by atoms with Crippen molar-refractivity contribution in [1.29, 1.82) is 0 Å². The molecule has 2 heterocycles. The molecule has 0 aliphatic carbocycles. The van der Waals surface area contributed by atoms with Crippen molar-refractivity contribution in [2.24, 2.45) is 0 Å². The number of aromatic nitrogens is 2. The summed E-state index contributed by atoms with van der Waals surface area (Å²) in [7, 11) is 0. The summed E-state index contributed by atoms with van der Waals surface area (Å²) in [6, 6.07) is 10.5. The van der Waals surface area contributed by atoms with Gasteiger partial charge in [0.25, 0.3) is 0 Å². The van der Waals surface area contributed by atoms with Gasteiger partial charge in [-0.1, -0.05) is 12.1 Å². The van der Waals surface area contributed by atoms with Gasteiger partial charge in [-0.05, 0) is 41.4 Å². The number of nitrogens with one attached hydrogen (secondary N) is 1. The van der Waals surface area contributed by atoms with E-state index in [2.05, 4.69) is 51.8 Å². The summed E-state index contributed by atoms with van der Waals surface area (Å²) in [6.07, 6.45) is 0. The van der Waals surface area contributed by atoms with E-state index in [0.717, 1.165) is 31.0 Å². The van der Waals surface area contributed by atoms with Crippen molar-refractivity contribution in [3.8, 4) is 0 Å². The number of benzene rings is 1. The third kappa shape index (κ3) is 2.55. The number of rotatable bonds is 5. The lowest BCUT2D eigenvalue weighted by Gasteiger charge is -2.06. The van der Waals surface area contributed by atoms with Crippen LogP contribution in [0.4, 0.5) is 0 Å². The Bertz CT molecular complexity index is 655. The molecule has 0 fully saturated rings. The normalized spacial score (nSPS) is 11.2. The quantitative estimate of drug-likeness (QED) is 0.770. The average Bonchev–Trinajstić information content (AvgIpc) is 3.05. The summed E-state index contributed by atoms with van der Waals surface area (Å²) in [5, 5.41) is 7.75. The zero-order valence-electron chi connectivity index (χ0n) is 11.0. The molecule has 0 radical (unpaired) electrons. The van der Waals surface area contributed by atoms with Crippen molar-refractivity contribution in [3.05, 3.63) is 52.5 Å². The zero-order chi connectivity index (χ0) is 13.1. The molecule has 1 aromatic carbocycles. The van der Waals surface area contributed by atoms with Crippen molar-refractivity contribution in [2.75, 3.05) is 0 Å². The Kier molecular flexibility index (Phi) is 3.62. The number of fused-ring (bicyclic) bond motifs is 1. The van der Waals surface area contributed by atoms with Crippen LogP contribution in [0.3, 0.4) is 0 Å². The molecule has 0 amide bonds. The number of hydrogen-bond acceptors (Lipinski definition) is 3. The first-order valence-electron chi connectivity index (χ1n) is 6.54. The standard InChI is InChI=1S/C15H17N3S/c1-2-18-14-6-4-3-5-13(14)17-15(18)10-16-9-12-7-8-19-11-12/h3-8,11,16H,2,9-10H2,1H3. The van der Waals surface area contributed by atoms with E-state index in [-0.39, 0.29) is 0 Å². The molecule has 98 valence electrons. The molecule has 0 saturated carbocycles. The zero-order valence-corrected chi connectivity index (χ0v) is 11.8. The largest absolute Gasteiger partial charge is 0.327 e. The predicted octanol–water partition coefficient (Wildman–Crippen LogP) is 3.41.